The molecule has 0 atom stereocenters. The highest BCUT2D eigenvalue weighted by molar-refractivity contribution is 5.64. The maximum absolute atomic E-state index is 13.6. The summed E-state index contributed by atoms with van der Waals surface area (Å²) in [5, 5.41) is 3.19. The smallest absolute Gasteiger partial charge is 0.399 e. The first kappa shape index (κ1) is 13.3. The quantitative estimate of drug-likeness (QED) is 0.643. The predicted molar refractivity (Wildman–Crippen MR) is 58.0 cm³/mol. The second-order valence-corrected chi connectivity index (χ2v) is 3.90. The fourth-order valence-corrected chi connectivity index (χ4v) is 1.68. The zero-order valence-electron chi connectivity index (χ0n) is 9.59. The van der Waals surface area contributed by atoms with E-state index in [-0.39, 0.29) is 11.4 Å². The summed E-state index contributed by atoms with van der Waals surface area (Å²) < 4.78 is 65.5. The number of rotatable bonds is 1. The normalized spacial score (nSPS) is 11.9. The van der Waals surface area contributed by atoms with E-state index in [1.54, 1.807) is 0 Å². The molecule has 0 radical (unpaired) electrons. The van der Waals surface area contributed by atoms with Crippen molar-refractivity contribution in [2.45, 2.75) is 6.18 Å². The van der Waals surface area contributed by atoms with Crippen molar-refractivity contribution >= 4 is 5.69 Å². The van der Waals surface area contributed by atoms with Crippen LogP contribution < -0.4 is 5.73 Å². The molecular formula is C11H8F5N3. The number of aromatic nitrogens is 2. The number of anilines is 1. The van der Waals surface area contributed by atoms with E-state index in [1.165, 1.54) is 7.05 Å². The van der Waals surface area contributed by atoms with Crippen molar-refractivity contribution in [1.82, 2.24) is 9.78 Å². The number of nitrogens with zero attached hydrogens (tertiary/aromatic N) is 2. The van der Waals surface area contributed by atoms with Crippen molar-refractivity contribution in [3.63, 3.8) is 0 Å². The largest absolute Gasteiger partial charge is 0.435 e. The summed E-state index contributed by atoms with van der Waals surface area (Å²) in [7, 11) is 1.17. The minimum atomic E-state index is -4.68. The molecule has 0 bridgehead atoms. The lowest BCUT2D eigenvalue weighted by molar-refractivity contribution is -0.141. The van der Waals surface area contributed by atoms with Crippen LogP contribution in [0.1, 0.15) is 5.69 Å². The van der Waals surface area contributed by atoms with Crippen LogP contribution in [-0.2, 0) is 13.2 Å². The summed E-state index contributed by atoms with van der Waals surface area (Å²) in [5.74, 6) is -2.09. The number of nitrogen functional groups attached to an aromatic ring is 1. The van der Waals surface area contributed by atoms with Gasteiger partial charge in [-0.1, -0.05) is 0 Å². The summed E-state index contributed by atoms with van der Waals surface area (Å²) in [6.07, 6.45) is -4.68. The predicted octanol–water partition coefficient (Wildman–Crippen LogP) is 2.97. The maximum Gasteiger partial charge on any atom is 0.435 e. The van der Waals surface area contributed by atoms with Crippen LogP contribution >= 0.6 is 0 Å². The molecule has 0 aliphatic carbocycles. The molecule has 0 fully saturated rings. The fourth-order valence-electron chi connectivity index (χ4n) is 1.68. The van der Waals surface area contributed by atoms with Crippen molar-refractivity contribution in [1.29, 1.82) is 0 Å². The van der Waals surface area contributed by atoms with Crippen molar-refractivity contribution in [3.8, 4) is 11.3 Å². The van der Waals surface area contributed by atoms with Gasteiger partial charge in [0.05, 0.1) is 11.3 Å². The van der Waals surface area contributed by atoms with E-state index in [0.717, 1.165) is 16.8 Å². The van der Waals surface area contributed by atoms with Crippen molar-refractivity contribution < 1.29 is 22.0 Å². The Kier molecular flexibility index (Phi) is 2.95. The molecule has 102 valence electrons. The topological polar surface area (TPSA) is 43.8 Å². The van der Waals surface area contributed by atoms with Gasteiger partial charge in [0.1, 0.15) is 11.6 Å². The SMILES string of the molecule is Cn1nc(C(F)(F)F)cc1-c1c(F)cc(N)cc1F. The Balaban J connectivity index is 2.64. The molecule has 1 aromatic heterocycles. The van der Waals surface area contributed by atoms with E-state index in [4.69, 9.17) is 5.73 Å². The number of benzene rings is 1. The molecule has 1 aromatic carbocycles. The Morgan fingerprint density at radius 2 is 1.63 bits per heavy atom. The van der Waals surface area contributed by atoms with E-state index in [0.29, 0.717) is 6.07 Å². The lowest BCUT2D eigenvalue weighted by Gasteiger charge is -2.06. The summed E-state index contributed by atoms with van der Waals surface area (Å²) in [5.41, 5.74) is 2.94. The van der Waals surface area contributed by atoms with Crippen molar-refractivity contribution in [2.75, 3.05) is 5.73 Å². The van der Waals surface area contributed by atoms with Gasteiger partial charge in [-0.15, -0.1) is 0 Å². The first-order chi connectivity index (χ1) is 8.70. The van der Waals surface area contributed by atoms with E-state index < -0.39 is 29.1 Å². The summed E-state index contributed by atoms with van der Waals surface area (Å²) >= 11 is 0. The van der Waals surface area contributed by atoms with Crippen LogP contribution in [0.3, 0.4) is 0 Å². The molecule has 2 rings (SSSR count). The zero-order chi connectivity index (χ0) is 14.4. The van der Waals surface area contributed by atoms with Gasteiger partial charge < -0.3 is 5.73 Å². The average molecular weight is 277 g/mol. The number of hydrogen-bond donors (Lipinski definition) is 1. The van der Waals surface area contributed by atoms with Crippen LogP contribution in [0.4, 0.5) is 27.6 Å². The molecule has 0 saturated heterocycles. The number of hydrogen-bond acceptors (Lipinski definition) is 2. The standard InChI is InChI=1S/C11H8F5N3/c1-19-8(4-9(18-19)11(14,15)16)10-6(12)2-5(17)3-7(10)13/h2-4H,17H2,1H3. The number of alkyl halides is 3. The molecule has 0 amide bonds. The zero-order valence-corrected chi connectivity index (χ0v) is 9.59. The highest BCUT2D eigenvalue weighted by Gasteiger charge is 2.35. The second-order valence-electron chi connectivity index (χ2n) is 3.90. The lowest BCUT2D eigenvalue weighted by atomic mass is 10.1. The molecule has 0 aliphatic rings. The van der Waals surface area contributed by atoms with Crippen LogP contribution in [0.15, 0.2) is 18.2 Å². The van der Waals surface area contributed by atoms with Gasteiger partial charge in [-0.05, 0) is 18.2 Å². The first-order valence-corrected chi connectivity index (χ1v) is 5.06. The minimum Gasteiger partial charge on any atom is -0.399 e. The van der Waals surface area contributed by atoms with Crippen LogP contribution in [0.25, 0.3) is 11.3 Å². The van der Waals surface area contributed by atoms with Gasteiger partial charge in [0, 0.05) is 12.7 Å². The van der Waals surface area contributed by atoms with E-state index in [2.05, 4.69) is 5.10 Å². The highest BCUT2D eigenvalue weighted by atomic mass is 19.4. The number of nitrogens with two attached hydrogens (primary N) is 1. The Hall–Kier alpha value is -2.12. The fraction of sp³-hybridized carbons (Fsp3) is 0.182. The summed E-state index contributed by atoms with van der Waals surface area (Å²) in [6, 6.07) is 2.25. The Bertz CT molecular complexity index is 607. The number of halogens is 5. The summed E-state index contributed by atoms with van der Waals surface area (Å²) in [4.78, 5) is 0. The third-order valence-electron chi connectivity index (χ3n) is 2.49. The van der Waals surface area contributed by atoms with Gasteiger partial charge in [-0.3, -0.25) is 4.68 Å². The second kappa shape index (κ2) is 4.22. The lowest BCUT2D eigenvalue weighted by Crippen LogP contribution is -2.06. The Morgan fingerprint density at radius 3 is 2.05 bits per heavy atom. The van der Waals surface area contributed by atoms with Gasteiger partial charge in [-0.2, -0.15) is 18.3 Å². The van der Waals surface area contributed by atoms with Crippen molar-refractivity contribution in [3.05, 3.63) is 35.5 Å². The molecule has 2 aromatic rings. The van der Waals surface area contributed by atoms with Gasteiger partial charge in [0.15, 0.2) is 5.69 Å². The summed E-state index contributed by atoms with van der Waals surface area (Å²) in [6.45, 7) is 0. The van der Waals surface area contributed by atoms with E-state index >= 15 is 0 Å². The average Bonchev–Trinajstić information content (AvgIpc) is 2.59. The minimum absolute atomic E-state index is 0.156. The maximum atomic E-state index is 13.6. The van der Waals surface area contributed by atoms with Crippen LogP contribution in [-0.4, -0.2) is 9.78 Å². The Labute approximate surface area is 104 Å². The van der Waals surface area contributed by atoms with E-state index in [9.17, 15) is 22.0 Å². The van der Waals surface area contributed by atoms with E-state index in [1.807, 2.05) is 0 Å². The number of aryl methyl sites for hydroxylation is 1. The molecule has 0 aliphatic heterocycles. The highest BCUT2D eigenvalue weighted by Crippen LogP contribution is 2.33. The monoisotopic (exact) mass is 277 g/mol. The molecule has 2 N–H and O–H groups in total. The van der Waals surface area contributed by atoms with Crippen molar-refractivity contribution in [2.24, 2.45) is 7.05 Å². The Morgan fingerprint density at radius 1 is 1.11 bits per heavy atom. The molecule has 19 heavy (non-hydrogen) atoms. The van der Waals surface area contributed by atoms with Gasteiger partial charge >= 0.3 is 6.18 Å². The third kappa shape index (κ3) is 2.38. The van der Waals surface area contributed by atoms with Crippen LogP contribution in [0.2, 0.25) is 0 Å². The molecule has 0 spiro atoms. The van der Waals surface area contributed by atoms with Crippen LogP contribution in [0, 0.1) is 11.6 Å². The molecule has 0 saturated carbocycles. The van der Waals surface area contributed by atoms with Gasteiger partial charge in [0.25, 0.3) is 0 Å². The molecule has 1 heterocycles. The first-order valence-electron chi connectivity index (χ1n) is 5.06. The third-order valence-corrected chi connectivity index (χ3v) is 2.49. The molecule has 3 nitrogen and oxygen atoms in total. The molecule has 0 unspecified atom stereocenters. The van der Waals surface area contributed by atoms with Gasteiger partial charge in [-0.25, -0.2) is 8.78 Å². The molecular weight excluding hydrogens is 269 g/mol. The van der Waals surface area contributed by atoms with Crippen LogP contribution in [0.5, 0.6) is 0 Å². The van der Waals surface area contributed by atoms with Gasteiger partial charge in [0.2, 0.25) is 0 Å². The molecule has 8 heteroatoms.